The normalized spacial score (nSPS) is 10.5. The molecular weight excluding hydrogens is 210 g/mol. The number of benzene rings is 1. The Kier molecular flexibility index (Phi) is 5.19. The highest BCUT2D eigenvalue weighted by molar-refractivity contribution is 5.45. The van der Waals surface area contributed by atoms with E-state index in [0.29, 0.717) is 5.69 Å². The summed E-state index contributed by atoms with van der Waals surface area (Å²) in [4.78, 5) is 1.93. The van der Waals surface area contributed by atoms with Gasteiger partial charge in [0.25, 0.3) is 0 Å². The average Bonchev–Trinajstić information content (AvgIpc) is 2.28. The lowest BCUT2D eigenvalue weighted by Gasteiger charge is -2.19. The lowest BCUT2D eigenvalue weighted by molar-refractivity contribution is 0.508. The predicted molar refractivity (Wildman–Crippen MR) is 62.8 cm³/mol. The lowest BCUT2D eigenvalue weighted by atomic mass is 10.2. The first kappa shape index (κ1) is 12.9. The van der Waals surface area contributed by atoms with Crippen LogP contribution in [0, 0.1) is 11.6 Å². The van der Waals surface area contributed by atoms with Gasteiger partial charge in [-0.2, -0.15) is 0 Å². The second-order valence-corrected chi connectivity index (χ2v) is 3.83. The van der Waals surface area contributed by atoms with Crippen LogP contribution < -0.4 is 10.2 Å². The molecule has 4 heteroatoms. The molecular formula is C12H18F2N2. The van der Waals surface area contributed by atoms with Crippen molar-refractivity contribution < 1.29 is 8.78 Å². The Labute approximate surface area is 95.3 Å². The summed E-state index contributed by atoms with van der Waals surface area (Å²) in [6.45, 7) is 1.82. The van der Waals surface area contributed by atoms with Crippen molar-refractivity contribution >= 4 is 5.69 Å². The van der Waals surface area contributed by atoms with Crippen LogP contribution in [0.15, 0.2) is 18.2 Å². The summed E-state index contributed by atoms with van der Waals surface area (Å²) in [5.41, 5.74) is 0.711. The molecule has 1 aromatic rings. The first-order valence-electron chi connectivity index (χ1n) is 5.46. The van der Waals surface area contributed by atoms with Crippen molar-refractivity contribution in [3.05, 3.63) is 29.8 Å². The number of anilines is 1. The van der Waals surface area contributed by atoms with Gasteiger partial charge in [-0.25, -0.2) is 8.78 Å². The van der Waals surface area contributed by atoms with E-state index < -0.39 is 11.6 Å². The van der Waals surface area contributed by atoms with Gasteiger partial charge in [0.05, 0.1) is 0 Å². The van der Waals surface area contributed by atoms with Crippen molar-refractivity contribution in [1.29, 1.82) is 0 Å². The average molecular weight is 228 g/mol. The van der Waals surface area contributed by atoms with Gasteiger partial charge in [-0.1, -0.05) is 0 Å². The lowest BCUT2D eigenvalue weighted by Crippen LogP contribution is -2.20. The zero-order valence-corrected chi connectivity index (χ0v) is 9.76. The number of halogens is 2. The Morgan fingerprint density at radius 2 is 1.94 bits per heavy atom. The van der Waals surface area contributed by atoms with E-state index in [1.807, 2.05) is 19.0 Å². The van der Waals surface area contributed by atoms with Crippen molar-refractivity contribution in [2.24, 2.45) is 0 Å². The monoisotopic (exact) mass is 228 g/mol. The summed E-state index contributed by atoms with van der Waals surface area (Å²) >= 11 is 0. The maximum absolute atomic E-state index is 13.0. The molecule has 1 aromatic carbocycles. The molecule has 0 atom stereocenters. The summed E-state index contributed by atoms with van der Waals surface area (Å²) in [6.07, 6.45) is 2.10. The van der Waals surface area contributed by atoms with Gasteiger partial charge in [-0.3, -0.25) is 0 Å². The Morgan fingerprint density at radius 1 is 1.19 bits per heavy atom. The maximum Gasteiger partial charge on any atom is 0.160 e. The van der Waals surface area contributed by atoms with E-state index in [2.05, 4.69) is 5.32 Å². The first-order valence-corrected chi connectivity index (χ1v) is 5.46. The third kappa shape index (κ3) is 3.77. The zero-order chi connectivity index (χ0) is 12.0. The second kappa shape index (κ2) is 6.43. The minimum Gasteiger partial charge on any atom is -0.375 e. The molecule has 1 N–H and O–H groups in total. The molecule has 16 heavy (non-hydrogen) atoms. The van der Waals surface area contributed by atoms with Crippen LogP contribution >= 0.6 is 0 Å². The van der Waals surface area contributed by atoms with Crippen molar-refractivity contribution in [2.75, 3.05) is 32.1 Å². The van der Waals surface area contributed by atoms with Crippen LogP contribution in [0.1, 0.15) is 12.8 Å². The Morgan fingerprint density at radius 3 is 2.56 bits per heavy atom. The van der Waals surface area contributed by atoms with E-state index in [1.165, 1.54) is 6.07 Å². The molecule has 0 aliphatic carbocycles. The van der Waals surface area contributed by atoms with Crippen molar-refractivity contribution in [2.45, 2.75) is 12.8 Å². The van der Waals surface area contributed by atoms with E-state index in [9.17, 15) is 8.78 Å². The number of rotatable bonds is 6. The molecule has 0 bridgehead atoms. The Balaban J connectivity index is 2.46. The van der Waals surface area contributed by atoms with E-state index in [-0.39, 0.29) is 0 Å². The van der Waals surface area contributed by atoms with Crippen LogP contribution in [-0.4, -0.2) is 27.2 Å². The molecule has 0 spiro atoms. The van der Waals surface area contributed by atoms with E-state index >= 15 is 0 Å². The molecule has 0 amide bonds. The molecule has 0 heterocycles. The minimum absolute atomic E-state index is 0.711. The molecule has 0 saturated heterocycles. The van der Waals surface area contributed by atoms with Crippen LogP contribution in [-0.2, 0) is 0 Å². The van der Waals surface area contributed by atoms with Crippen LogP contribution in [0.25, 0.3) is 0 Å². The van der Waals surface area contributed by atoms with Crippen LogP contribution in [0.4, 0.5) is 14.5 Å². The topological polar surface area (TPSA) is 15.3 Å². The number of nitrogens with zero attached hydrogens (tertiary/aromatic N) is 1. The quantitative estimate of drug-likeness (QED) is 0.752. The van der Waals surface area contributed by atoms with Gasteiger partial charge in [0.15, 0.2) is 11.6 Å². The van der Waals surface area contributed by atoms with Crippen LogP contribution in [0.2, 0.25) is 0 Å². The molecule has 0 aliphatic heterocycles. The van der Waals surface area contributed by atoms with Gasteiger partial charge in [-0.05, 0) is 38.6 Å². The van der Waals surface area contributed by atoms with Gasteiger partial charge in [0.1, 0.15) is 0 Å². The fourth-order valence-corrected chi connectivity index (χ4v) is 1.50. The fraction of sp³-hybridized carbons (Fsp3) is 0.500. The van der Waals surface area contributed by atoms with Crippen LogP contribution in [0.3, 0.4) is 0 Å². The largest absolute Gasteiger partial charge is 0.375 e. The fourth-order valence-electron chi connectivity index (χ4n) is 1.50. The summed E-state index contributed by atoms with van der Waals surface area (Å²) in [7, 11) is 3.80. The number of hydrogen-bond acceptors (Lipinski definition) is 2. The van der Waals surface area contributed by atoms with Crippen molar-refractivity contribution in [1.82, 2.24) is 5.32 Å². The first-order chi connectivity index (χ1) is 7.65. The van der Waals surface area contributed by atoms with E-state index in [0.717, 1.165) is 32.0 Å². The maximum atomic E-state index is 13.0. The molecule has 90 valence electrons. The molecule has 0 saturated carbocycles. The number of unbranched alkanes of at least 4 members (excludes halogenated alkanes) is 1. The van der Waals surface area contributed by atoms with Gasteiger partial charge < -0.3 is 10.2 Å². The molecule has 0 fully saturated rings. The van der Waals surface area contributed by atoms with E-state index in [4.69, 9.17) is 0 Å². The molecule has 0 aliphatic rings. The third-order valence-electron chi connectivity index (χ3n) is 2.51. The molecule has 1 rings (SSSR count). The summed E-state index contributed by atoms with van der Waals surface area (Å²) in [5.74, 6) is -1.59. The van der Waals surface area contributed by atoms with E-state index in [1.54, 1.807) is 6.07 Å². The predicted octanol–water partition coefficient (Wildman–Crippen LogP) is 2.40. The Hall–Kier alpha value is -1.16. The van der Waals surface area contributed by atoms with Gasteiger partial charge >= 0.3 is 0 Å². The van der Waals surface area contributed by atoms with Crippen LogP contribution in [0.5, 0.6) is 0 Å². The zero-order valence-electron chi connectivity index (χ0n) is 9.76. The molecule has 0 radical (unpaired) electrons. The Bertz CT molecular complexity index is 329. The third-order valence-corrected chi connectivity index (χ3v) is 2.51. The number of hydrogen-bond donors (Lipinski definition) is 1. The van der Waals surface area contributed by atoms with Gasteiger partial charge in [0.2, 0.25) is 0 Å². The summed E-state index contributed by atoms with van der Waals surface area (Å²) < 4.78 is 25.7. The smallest absolute Gasteiger partial charge is 0.160 e. The second-order valence-electron chi connectivity index (χ2n) is 3.83. The molecule has 0 aromatic heterocycles. The van der Waals surface area contributed by atoms with Gasteiger partial charge in [-0.15, -0.1) is 0 Å². The molecule has 0 unspecified atom stereocenters. The van der Waals surface area contributed by atoms with Gasteiger partial charge in [0, 0.05) is 25.3 Å². The molecule has 2 nitrogen and oxygen atoms in total. The summed E-state index contributed by atoms with van der Waals surface area (Å²) in [6, 6.07) is 3.98. The minimum atomic E-state index is -0.799. The number of nitrogens with one attached hydrogen (secondary N) is 1. The highest BCUT2D eigenvalue weighted by Crippen LogP contribution is 2.16. The van der Waals surface area contributed by atoms with Crippen molar-refractivity contribution in [3.63, 3.8) is 0 Å². The van der Waals surface area contributed by atoms with Crippen molar-refractivity contribution in [3.8, 4) is 0 Å². The SMILES string of the molecule is CNCCCCN(C)c1ccc(F)c(F)c1. The highest BCUT2D eigenvalue weighted by atomic mass is 19.2. The highest BCUT2D eigenvalue weighted by Gasteiger charge is 2.05. The summed E-state index contributed by atoms with van der Waals surface area (Å²) in [5, 5.41) is 3.07. The standard InChI is InChI=1S/C12H18F2N2/c1-15-7-3-4-8-16(2)10-5-6-11(13)12(14)9-10/h5-6,9,15H,3-4,7-8H2,1-2H3.